The zero-order valence-corrected chi connectivity index (χ0v) is 12.7. The summed E-state index contributed by atoms with van der Waals surface area (Å²) in [6.07, 6.45) is 1.93. The van der Waals surface area contributed by atoms with Crippen molar-refractivity contribution in [1.29, 1.82) is 0 Å². The number of rotatable bonds is 4. The van der Waals surface area contributed by atoms with Crippen LogP contribution in [-0.4, -0.2) is 16.6 Å². The maximum Gasteiger partial charge on any atom is 0.234 e. The molecule has 5 heteroatoms. The fraction of sp³-hybridized carbons (Fsp3) is 0.0625. The highest BCUT2D eigenvalue weighted by Crippen LogP contribution is 2.28. The average molecular weight is 317 g/mol. The number of carbonyl (C=O) groups excluding carboxylic acids is 1. The van der Waals surface area contributed by atoms with Crippen molar-refractivity contribution < 1.29 is 4.79 Å². The Balaban J connectivity index is 1.65. The fourth-order valence-corrected chi connectivity index (χ4v) is 3.07. The van der Waals surface area contributed by atoms with Crippen molar-refractivity contribution >= 4 is 45.9 Å². The third-order valence-corrected chi connectivity index (χ3v) is 4.44. The molecule has 0 saturated carbocycles. The normalized spacial score (nSPS) is 10.7. The Morgan fingerprint density at radius 3 is 2.76 bits per heavy atom. The minimum absolute atomic E-state index is 0.0709. The molecular formula is C16H13ClN2OS. The first-order valence-electron chi connectivity index (χ1n) is 6.47. The predicted molar refractivity (Wildman–Crippen MR) is 89.1 cm³/mol. The first-order valence-corrected chi connectivity index (χ1v) is 7.84. The van der Waals surface area contributed by atoms with Crippen LogP contribution in [-0.2, 0) is 4.79 Å². The number of aromatic nitrogens is 1. The third-order valence-electron chi connectivity index (χ3n) is 3.06. The zero-order valence-electron chi connectivity index (χ0n) is 11.1. The van der Waals surface area contributed by atoms with Crippen molar-refractivity contribution in [3.05, 3.63) is 59.8 Å². The minimum atomic E-state index is -0.0709. The van der Waals surface area contributed by atoms with E-state index in [1.54, 1.807) is 12.1 Å². The molecule has 3 aromatic rings. The lowest BCUT2D eigenvalue weighted by Gasteiger charge is -2.06. The summed E-state index contributed by atoms with van der Waals surface area (Å²) in [7, 11) is 0. The molecule has 1 aromatic heterocycles. The lowest BCUT2D eigenvalue weighted by molar-refractivity contribution is -0.113. The second kappa shape index (κ2) is 6.24. The molecule has 0 unspecified atom stereocenters. The number of thioether (sulfide) groups is 1. The van der Waals surface area contributed by atoms with Crippen molar-refractivity contribution in [2.45, 2.75) is 4.90 Å². The molecule has 0 bridgehead atoms. The molecule has 0 fully saturated rings. The molecule has 2 aromatic carbocycles. The zero-order chi connectivity index (χ0) is 14.7. The SMILES string of the molecule is O=C(CSc1c[nH]c2ccccc12)Nc1ccccc1Cl. The van der Waals surface area contributed by atoms with Gasteiger partial charge in [-0.05, 0) is 18.2 Å². The van der Waals surface area contributed by atoms with Crippen molar-refractivity contribution in [2.24, 2.45) is 0 Å². The van der Waals surface area contributed by atoms with E-state index in [1.165, 1.54) is 11.8 Å². The summed E-state index contributed by atoms with van der Waals surface area (Å²) in [5, 5.41) is 4.50. The van der Waals surface area contributed by atoms with E-state index < -0.39 is 0 Å². The molecule has 0 spiro atoms. The number of carbonyl (C=O) groups is 1. The van der Waals surface area contributed by atoms with Gasteiger partial charge in [0.05, 0.1) is 16.5 Å². The first kappa shape index (κ1) is 14.0. The number of hydrogen-bond acceptors (Lipinski definition) is 2. The Kier molecular flexibility index (Phi) is 4.18. The molecule has 1 heterocycles. The third kappa shape index (κ3) is 3.23. The van der Waals surface area contributed by atoms with Gasteiger partial charge in [0.15, 0.2) is 0 Å². The fourth-order valence-electron chi connectivity index (χ4n) is 2.06. The van der Waals surface area contributed by atoms with Crippen LogP contribution < -0.4 is 5.32 Å². The van der Waals surface area contributed by atoms with E-state index in [1.807, 2.05) is 42.6 Å². The van der Waals surface area contributed by atoms with Gasteiger partial charge in [0, 0.05) is 22.0 Å². The molecule has 0 radical (unpaired) electrons. The number of halogens is 1. The van der Waals surface area contributed by atoms with Crippen LogP contribution in [0.25, 0.3) is 10.9 Å². The highest BCUT2D eigenvalue weighted by atomic mass is 35.5. The Labute approximate surface area is 131 Å². The highest BCUT2D eigenvalue weighted by Gasteiger charge is 2.08. The van der Waals surface area contributed by atoms with E-state index in [4.69, 9.17) is 11.6 Å². The molecular weight excluding hydrogens is 304 g/mol. The Morgan fingerprint density at radius 1 is 1.14 bits per heavy atom. The Morgan fingerprint density at radius 2 is 1.90 bits per heavy atom. The second-order valence-electron chi connectivity index (χ2n) is 4.52. The van der Waals surface area contributed by atoms with Gasteiger partial charge in [0.25, 0.3) is 0 Å². The van der Waals surface area contributed by atoms with Gasteiger partial charge in [-0.25, -0.2) is 0 Å². The van der Waals surface area contributed by atoms with E-state index >= 15 is 0 Å². The van der Waals surface area contributed by atoms with Crippen LogP contribution in [0, 0.1) is 0 Å². The number of nitrogens with one attached hydrogen (secondary N) is 2. The summed E-state index contributed by atoms with van der Waals surface area (Å²) in [6.45, 7) is 0. The van der Waals surface area contributed by atoms with E-state index in [0.29, 0.717) is 16.5 Å². The molecule has 1 amide bonds. The molecule has 0 aliphatic carbocycles. The lowest BCUT2D eigenvalue weighted by Crippen LogP contribution is -2.14. The van der Waals surface area contributed by atoms with Gasteiger partial charge in [0.2, 0.25) is 5.91 Å². The van der Waals surface area contributed by atoms with Gasteiger partial charge < -0.3 is 10.3 Å². The van der Waals surface area contributed by atoms with E-state index in [9.17, 15) is 4.79 Å². The maximum atomic E-state index is 12.0. The summed E-state index contributed by atoms with van der Waals surface area (Å²) in [6, 6.07) is 15.2. The average Bonchev–Trinajstić information content (AvgIpc) is 2.91. The van der Waals surface area contributed by atoms with Gasteiger partial charge in [-0.2, -0.15) is 0 Å². The lowest BCUT2D eigenvalue weighted by atomic mass is 10.2. The van der Waals surface area contributed by atoms with Crippen LogP contribution in [0.5, 0.6) is 0 Å². The molecule has 0 aliphatic heterocycles. The van der Waals surface area contributed by atoms with Gasteiger partial charge in [-0.3, -0.25) is 4.79 Å². The number of H-pyrrole nitrogens is 1. The maximum absolute atomic E-state index is 12.0. The van der Waals surface area contributed by atoms with Crippen LogP contribution in [0.3, 0.4) is 0 Å². The number of benzene rings is 2. The number of anilines is 1. The van der Waals surface area contributed by atoms with Crippen molar-refractivity contribution in [3.8, 4) is 0 Å². The molecule has 3 nitrogen and oxygen atoms in total. The Hall–Kier alpha value is -1.91. The summed E-state index contributed by atoms with van der Waals surface area (Å²) in [5.41, 5.74) is 1.72. The quantitative estimate of drug-likeness (QED) is 0.693. The number of hydrogen-bond donors (Lipinski definition) is 2. The van der Waals surface area contributed by atoms with Crippen molar-refractivity contribution in [3.63, 3.8) is 0 Å². The number of amides is 1. The topological polar surface area (TPSA) is 44.9 Å². The molecule has 0 atom stereocenters. The molecule has 2 N–H and O–H groups in total. The summed E-state index contributed by atoms with van der Waals surface area (Å²) < 4.78 is 0. The molecule has 0 saturated heterocycles. The minimum Gasteiger partial charge on any atom is -0.360 e. The van der Waals surface area contributed by atoms with Crippen LogP contribution in [0.1, 0.15) is 0 Å². The smallest absolute Gasteiger partial charge is 0.234 e. The Bertz CT molecular complexity index is 785. The molecule has 0 aliphatic rings. The second-order valence-corrected chi connectivity index (χ2v) is 5.94. The summed E-state index contributed by atoms with van der Waals surface area (Å²) in [4.78, 5) is 16.3. The summed E-state index contributed by atoms with van der Waals surface area (Å²) >= 11 is 7.52. The predicted octanol–water partition coefficient (Wildman–Crippen LogP) is 4.55. The van der Waals surface area contributed by atoms with E-state index in [0.717, 1.165) is 15.8 Å². The standard InChI is InChI=1S/C16H13ClN2OS/c17-12-6-2-4-8-14(12)19-16(20)10-21-15-9-18-13-7-3-1-5-11(13)15/h1-9,18H,10H2,(H,19,20). The van der Waals surface area contributed by atoms with Crippen LogP contribution >= 0.6 is 23.4 Å². The molecule has 21 heavy (non-hydrogen) atoms. The highest BCUT2D eigenvalue weighted by molar-refractivity contribution is 8.00. The summed E-state index contributed by atoms with van der Waals surface area (Å²) in [5.74, 6) is 0.269. The van der Waals surface area contributed by atoms with Crippen LogP contribution in [0.15, 0.2) is 59.6 Å². The van der Waals surface area contributed by atoms with Crippen molar-refractivity contribution in [1.82, 2.24) is 4.98 Å². The first-order chi connectivity index (χ1) is 10.2. The van der Waals surface area contributed by atoms with Crippen LogP contribution in [0.4, 0.5) is 5.69 Å². The molecule has 3 rings (SSSR count). The monoisotopic (exact) mass is 316 g/mol. The van der Waals surface area contributed by atoms with E-state index in [2.05, 4.69) is 10.3 Å². The number of aromatic amines is 1. The van der Waals surface area contributed by atoms with Crippen molar-refractivity contribution in [2.75, 3.05) is 11.1 Å². The van der Waals surface area contributed by atoms with Gasteiger partial charge >= 0.3 is 0 Å². The van der Waals surface area contributed by atoms with Gasteiger partial charge in [-0.15, -0.1) is 11.8 Å². The van der Waals surface area contributed by atoms with E-state index in [-0.39, 0.29) is 5.91 Å². The molecule has 106 valence electrons. The van der Waals surface area contributed by atoms with Gasteiger partial charge in [-0.1, -0.05) is 41.9 Å². The van der Waals surface area contributed by atoms with Crippen LogP contribution in [0.2, 0.25) is 5.02 Å². The number of para-hydroxylation sites is 2. The largest absolute Gasteiger partial charge is 0.360 e. The number of fused-ring (bicyclic) bond motifs is 1. The van der Waals surface area contributed by atoms with Gasteiger partial charge in [0.1, 0.15) is 0 Å².